The van der Waals surface area contributed by atoms with Gasteiger partial charge in [0.05, 0.1) is 12.1 Å². The quantitative estimate of drug-likeness (QED) is 0.709. The van der Waals surface area contributed by atoms with Gasteiger partial charge in [-0.15, -0.1) is 0 Å². The van der Waals surface area contributed by atoms with Crippen LogP contribution in [-0.4, -0.2) is 22.2 Å². The summed E-state index contributed by atoms with van der Waals surface area (Å²) in [4.78, 5) is 21.4. The monoisotopic (exact) mass is 252 g/mol. The van der Waals surface area contributed by atoms with Crippen LogP contribution >= 0.6 is 0 Å². The Hall–Kier alpha value is -2.08. The molecule has 98 valence electrons. The normalized spacial score (nSPS) is 14.0. The van der Waals surface area contributed by atoms with Crippen LogP contribution in [0.25, 0.3) is 0 Å². The minimum Gasteiger partial charge on any atom is -0.481 e. The van der Waals surface area contributed by atoms with Crippen LogP contribution in [0.5, 0.6) is 0 Å². The van der Waals surface area contributed by atoms with Gasteiger partial charge in [0.2, 0.25) is 5.41 Å². The molecule has 2 unspecified atom stereocenters. The zero-order chi connectivity index (χ0) is 14.3. The molecule has 18 heavy (non-hydrogen) atoms. The van der Waals surface area contributed by atoms with Gasteiger partial charge in [-0.05, 0) is 24.7 Å². The molecule has 0 aliphatic heterocycles. The fourth-order valence-electron chi connectivity index (χ4n) is 1.62. The van der Waals surface area contributed by atoms with Crippen LogP contribution in [0.15, 0.2) is 0 Å². The standard InChI is InChI=1S/C12H16N2O4/c1-8(3-4-10(15)16)9(2)5-12(6-13,7-14)11(17)18/h8-9H,3-5H2,1-2H3,(H,15,16)(H,17,18). The molecule has 0 spiro atoms. The van der Waals surface area contributed by atoms with E-state index in [0.29, 0.717) is 6.42 Å². The Morgan fingerprint density at radius 3 is 2.00 bits per heavy atom. The summed E-state index contributed by atoms with van der Waals surface area (Å²) in [5, 5.41) is 35.2. The number of carbonyl (C=O) groups is 2. The summed E-state index contributed by atoms with van der Waals surface area (Å²) < 4.78 is 0. The molecule has 0 amide bonds. The second-order valence-corrected chi connectivity index (χ2v) is 4.53. The Balaban J connectivity index is 4.68. The number of aliphatic carboxylic acids is 2. The Bertz CT molecular complexity index is 391. The fraction of sp³-hybridized carbons (Fsp3) is 0.667. The lowest BCUT2D eigenvalue weighted by molar-refractivity contribution is -0.144. The van der Waals surface area contributed by atoms with E-state index in [1.807, 2.05) is 0 Å². The van der Waals surface area contributed by atoms with Gasteiger partial charge >= 0.3 is 11.9 Å². The molecule has 0 saturated carbocycles. The van der Waals surface area contributed by atoms with E-state index < -0.39 is 17.4 Å². The van der Waals surface area contributed by atoms with E-state index in [9.17, 15) is 9.59 Å². The second-order valence-electron chi connectivity index (χ2n) is 4.53. The maximum atomic E-state index is 11.0. The number of carboxylic acids is 2. The number of hydrogen-bond acceptors (Lipinski definition) is 4. The summed E-state index contributed by atoms with van der Waals surface area (Å²) in [7, 11) is 0. The van der Waals surface area contributed by atoms with E-state index in [2.05, 4.69) is 0 Å². The Kier molecular flexibility index (Phi) is 5.84. The Morgan fingerprint density at radius 2 is 1.67 bits per heavy atom. The van der Waals surface area contributed by atoms with Crippen molar-refractivity contribution in [3.8, 4) is 12.1 Å². The molecule has 6 heteroatoms. The molecule has 2 atom stereocenters. The van der Waals surface area contributed by atoms with Crippen LogP contribution in [0.2, 0.25) is 0 Å². The van der Waals surface area contributed by atoms with Gasteiger partial charge in [-0.1, -0.05) is 13.8 Å². The molecule has 6 nitrogen and oxygen atoms in total. The van der Waals surface area contributed by atoms with Crippen LogP contribution in [-0.2, 0) is 9.59 Å². The number of carboxylic acid groups (broad SMARTS) is 2. The zero-order valence-electron chi connectivity index (χ0n) is 10.4. The number of nitriles is 2. The van der Waals surface area contributed by atoms with Crippen LogP contribution in [0, 0.1) is 39.9 Å². The summed E-state index contributed by atoms with van der Waals surface area (Å²) in [6, 6.07) is 3.08. The predicted octanol–water partition coefficient (Wildman–Crippen LogP) is 1.63. The van der Waals surface area contributed by atoms with Crippen LogP contribution in [0.4, 0.5) is 0 Å². The fourth-order valence-corrected chi connectivity index (χ4v) is 1.62. The maximum Gasteiger partial charge on any atom is 0.338 e. The SMILES string of the molecule is CC(CCC(=O)O)C(C)CC(C#N)(C#N)C(=O)O. The molecular formula is C12H16N2O4. The van der Waals surface area contributed by atoms with Crippen molar-refractivity contribution in [2.24, 2.45) is 17.3 Å². The van der Waals surface area contributed by atoms with Crippen molar-refractivity contribution in [1.82, 2.24) is 0 Å². The van der Waals surface area contributed by atoms with Gasteiger partial charge in [0, 0.05) is 6.42 Å². The second kappa shape index (κ2) is 6.61. The van der Waals surface area contributed by atoms with Crippen LogP contribution in [0.1, 0.15) is 33.1 Å². The number of nitrogens with zero attached hydrogens (tertiary/aromatic N) is 2. The van der Waals surface area contributed by atoms with Gasteiger partial charge in [0.25, 0.3) is 0 Å². The smallest absolute Gasteiger partial charge is 0.338 e. The van der Waals surface area contributed by atoms with Crippen molar-refractivity contribution in [3.05, 3.63) is 0 Å². The van der Waals surface area contributed by atoms with Gasteiger partial charge in [-0.3, -0.25) is 4.79 Å². The lowest BCUT2D eigenvalue weighted by Gasteiger charge is -2.23. The molecule has 0 aromatic carbocycles. The van der Waals surface area contributed by atoms with E-state index in [1.165, 1.54) is 12.1 Å². The molecule has 0 heterocycles. The van der Waals surface area contributed by atoms with E-state index in [-0.39, 0.29) is 24.7 Å². The highest BCUT2D eigenvalue weighted by Gasteiger charge is 2.41. The van der Waals surface area contributed by atoms with E-state index in [0.717, 1.165) is 0 Å². The van der Waals surface area contributed by atoms with Crippen molar-refractivity contribution in [3.63, 3.8) is 0 Å². The Labute approximate surface area is 105 Å². The van der Waals surface area contributed by atoms with E-state index >= 15 is 0 Å². The molecule has 0 aliphatic carbocycles. The summed E-state index contributed by atoms with van der Waals surface area (Å²) in [6.07, 6.45) is 0.282. The largest absolute Gasteiger partial charge is 0.481 e. The molecule has 0 bridgehead atoms. The molecule has 2 N–H and O–H groups in total. The van der Waals surface area contributed by atoms with Crippen LogP contribution < -0.4 is 0 Å². The van der Waals surface area contributed by atoms with Crippen molar-refractivity contribution in [2.45, 2.75) is 33.1 Å². The molecule has 0 saturated heterocycles. The first-order valence-corrected chi connectivity index (χ1v) is 5.56. The highest BCUT2D eigenvalue weighted by atomic mass is 16.4. The summed E-state index contributed by atoms with van der Waals surface area (Å²) in [5.41, 5.74) is -2.04. The van der Waals surface area contributed by atoms with Gasteiger partial charge in [0.1, 0.15) is 0 Å². The lowest BCUT2D eigenvalue weighted by atomic mass is 9.77. The molecule has 0 aromatic rings. The van der Waals surface area contributed by atoms with Crippen molar-refractivity contribution >= 4 is 11.9 Å². The van der Waals surface area contributed by atoms with Crippen molar-refractivity contribution in [1.29, 1.82) is 10.5 Å². The summed E-state index contributed by atoms with van der Waals surface area (Å²) in [5.74, 6) is -2.66. The van der Waals surface area contributed by atoms with Gasteiger partial charge in [-0.2, -0.15) is 10.5 Å². The van der Waals surface area contributed by atoms with Crippen molar-refractivity contribution < 1.29 is 19.8 Å². The van der Waals surface area contributed by atoms with Gasteiger partial charge < -0.3 is 10.2 Å². The molecular weight excluding hydrogens is 236 g/mol. The topological polar surface area (TPSA) is 122 Å². The minimum absolute atomic E-state index is 0.00924. The lowest BCUT2D eigenvalue weighted by Crippen LogP contribution is -2.31. The van der Waals surface area contributed by atoms with Crippen molar-refractivity contribution in [2.75, 3.05) is 0 Å². The highest BCUT2D eigenvalue weighted by molar-refractivity contribution is 5.81. The average molecular weight is 252 g/mol. The van der Waals surface area contributed by atoms with E-state index in [1.54, 1.807) is 13.8 Å². The third-order valence-electron chi connectivity index (χ3n) is 3.16. The van der Waals surface area contributed by atoms with Gasteiger partial charge in [-0.25, -0.2) is 4.79 Å². The average Bonchev–Trinajstić information content (AvgIpc) is 2.32. The van der Waals surface area contributed by atoms with Gasteiger partial charge in [0.15, 0.2) is 0 Å². The maximum absolute atomic E-state index is 11.0. The first-order chi connectivity index (χ1) is 8.29. The zero-order valence-corrected chi connectivity index (χ0v) is 10.4. The molecule has 0 aliphatic rings. The van der Waals surface area contributed by atoms with E-state index in [4.69, 9.17) is 20.7 Å². The first-order valence-electron chi connectivity index (χ1n) is 5.56. The third-order valence-corrected chi connectivity index (χ3v) is 3.16. The first kappa shape index (κ1) is 15.9. The summed E-state index contributed by atoms with van der Waals surface area (Å²) >= 11 is 0. The highest BCUT2D eigenvalue weighted by Crippen LogP contribution is 2.31. The van der Waals surface area contributed by atoms with Crippen LogP contribution in [0.3, 0.4) is 0 Å². The minimum atomic E-state index is -2.04. The number of rotatable bonds is 7. The number of hydrogen-bond donors (Lipinski definition) is 2. The summed E-state index contributed by atoms with van der Waals surface area (Å²) in [6.45, 7) is 3.51. The molecule has 0 fully saturated rings. The predicted molar refractivity (Wildman–Crippen MR) is 61.1 cm³/mol. The molecule has 0 aromatic heterocycles. The Morgan fingerprint density at radius 1 is 1.17 bits per heavy atom. The molecule has 0 radical (unpaired) electrons. The molecule has 0 rings (SSSR count). The third kappa shape index (κ3) is 4.06.